The Balaban J connectivity index is 1.47. The maximum Gasteiger partial charge on any atom is 0.302 e. The average Bonchev–Trinajstić information content (AvgIpc) is 3.09. The van der Waals surface area contributed by atoms with E-state index < -0.39 is 0 Å². The van der Waals surface area contributed by atoms with Crippen LogP contribution in [0.15, 0.2) is 59.7 Å². The van der Waals surface area contributed by atoms with Gasteiger partial charge in [-0.15, -0.1) is 0 Å². The highest BCUT2D eigenvalue weighted by molar-refractivity contribution is 6.00. The first-order chi connectivity index (χ1) is 16.3. The number of ether oxygens (including phenoxy) is 2. The first kappa shape index (κ1) is 22.6. The molecule has 1 aliphatic heterocycles. The second-order valence-electron chi connectivity index (χ2n) is 10.1. The van der Waals surface area contributed by atoms with Crippen molar-refractivity contribution < 1.29 is 23.9 Å². The highest BCUT2D eigenvalue weighted by Crippen LogP contribution is 2.60. The van der Waals surface area contributed by atoms with Crippen LogP contribution in [0.4, 0.5) is 0 Å². The molecule has 5 rings (SSSR count). The van der Waals surface area contributed by atoms with Gasteiger partial charge in [-0.3, -0.25) is 19.4 Å². The molecule has 0 radical (unpaired) electrons. The Bertz CT molecular complexity index is 1120. The van der Waals surface area contributed by atoms with Crippen molar-refractivity contribution >= 4 is 17.7 Å². The maximum atomic E-state index is 12.9. The Hall–Kier alpha value is -3.22. The average molecular weight is 463 g/mol. The molecule has 7 nitrogen and oxygen atoms in total. The minimum Gasteiger partial charge on any atom is -0.489 e. The van der Waals surface area contributed by atoms with E-state index in [0.29, 0.717) is 37.1 Å². The number of carbonyl (C=O) groups is 3. The highest BCUT2D eigenvalue weighted by atomic mass is 16.5. The number of allylic oxidation sites excluding steroid dienone is 4. The molecule has 0 bridgehead atoms. The minimum atomic E-state index is -0.308. The summed E-state index contributed by atoms with van der Waals surface area (Å²) in [6, 6.07) is 3.95. The van der Waals surface area contributed by atoms with Crippen LogP contribution in [0.25, 0.3) is 0 Å². The van der Waals surface area contributed by atoms with E-state index in [1.54, 1.807) is 6.20 Å². The third-order valence-electron chi connectivity index (χ3n) is 7.79. The monoisotopic (exact) mass is 462 g/mol. The second kappa shape index (κ2) is 8.53. The fourth-order valence-electron chi connectivity index (χ4n) is 6.29. The standard InChI is InChI=1S/C27H30N2O5/c1-15(30)29-13-17-9-22(32)20-11-18-6-7-27(3)21(26(18)34-23(20)10-17)12-24(33-16(2)31)25(27)19-5-4-8-28-14-19/h4-8,11,14,17,21,24-26H,9-10,12-13H2,1-3H3,(H,29,30)/t17?,21-,24?,25-,26+,27-/m0/s1. The number of esters is 1. The smallest absolute Gasteiger partial charge is 0.302 e. The second-order valence-corrected chi connectivity index (χ2v) is 10.1. The van der Waals surface area contributed by atoms with E-state index in [2.05, 4.69) is 29.4 Å². The number of hydrogen-bond donors (Lipinski definition) is 1. The van der Waals surface area contributed by atoms with Crippen molar-refractivity contribution in [2.45, 2.75) is 58.2 Å². The quantitative estimate of drug-likeness (QED) is 0.690. The predicted molar refractivity (Wildman–Crippen MR) is 124 cm³/mol. The molecular weight excluding hydrogens is 432 g/mol. The molecule has 0 aromatic carbocycles. The van der Waals surface area contributed by atoms with Crippen molar-refractivity contribution in [1.82, 2.24) is 10.3 Å². The van der Waals surface area contributed by atoms with Gasteiger partial charge in [-0.05, 0) is 35.6 Å². The third kappa shape index (κ3) is 3.87. The van der Waals surface area contributed by atoms with Crippen LogP contribution in [-0.2, 0) is 23.9 Å². The van der Waals surface area contributed by atoms with Gasteiger partial charge in [0.25, 0.3) is 0 Å². The molecule has 2 heterocycles. The largest absolute Gasteiger partial charge is 0.489 e. The number of Topliss-reactive ketones (excluding diaryl/α,β-unsaturated/α-hetero) is 1. The lowest BCUT2D eigenvalue weighted by Gasteiger charge is -2.44. The molecule has 178 valence electrons. The first-order valence-corrected chi connectivity index (χ1v) is 11.9. The molecule has 1 amide bonds. The van der Waals surface area contributed by atoms with Crippen molar-refractivity contribution in [2.75, 3.05) is 6.54 Å². The fraction of sp³-hybridized carbons (Fsp3) is 0.481. The number of amides is 1. The maximum absolute atomic E-state index is 12.9. The van der Waals surface area contributed by atoms with Gasteiger partial charge in [0.15, 0.2) is 5.78 Å². The summed E-state index contributed by atoms with van der Waals surface area (Å²) in [6.45, 7) is 5.59. The van der Waals surface area contributed by atoms with Crippen molar-refractivity contribution in [1.29, 1.82) is 0 Å². The lowest BCUT2D eigenvalue weighted by Crippen LogP contribution is -2.42. The minimum absolute atomic E-state index is 0.0242. The Morgan fingerprint density at radius 1 is 1.29 bits per heavy atom. The number of rotatable bonds is 4. The van der Waals surface area contributed by atoms with E-state index in [4.69, 9.17) is 9.47 Å². The molecule has 0 spiro atoms. The Morgan fingerprint density at radius 2 is 2.12 bits per heavy atom. The van der Waals surface area contributed by atoms with Crippen LogP contribution in [0, 0.1) is 17.3 Å². The summed E-state index contributed by atoms with van der Waals surface area (Å²) in [7, 11) is 0. The van der Waals surface area contributed by atoms with Crippen LogP contribution < -0.4 is 5.32 Å². The molecule has 1 aromatic rings. The van der Waals surface area contributed by atoms with Crippen LogP contribution in [0.3, 0.4) is 0 Å². The summed E-state index contributed by atoms with van der Waals surface area (Å²) in [5.41, 5.74) is 2.37. The summed E-state index contributed by atoms with van der Waals surface area (Å²) in [5.74, 6) is 0.417. The Kier molecular flexibility index (Phi) is 5.66. The van der Waals surface area contributed by atoms with E-state index in [-0.39, 0.29) is 53.0 Å². The zero-order chi connectivity index (χ0) is 24.0. The fourth-order valence-corrected chi connectivity index (χ4v) is 6.29. The van der Waals surface area contributed by atoms with Gasteiger partial charge in [0, 0.05) is 62.9 Å². The number of hydrogen-bond acceptors (Lipinski definition) is 6. The van der Waals surface area contributed by atoms with Gasteiger partial charge in [0.1, 0.15) is 18.0 Å². The van der Waals surface area contributed by atoms with E-state index in [0.717, 1.165) is 11.1 Å². The molecule has 3 aliphatic carbocycles. The van der Waals surface area contributed by atoms with E-state index in [1.165, 1.54) is 13.8 Å². The number of carbonyl (C=O) groups excluding carboxylic acids is 3. The summed E-state index contributed by atoms with van der Waals surface area (Å²) >= 11 is 0. The summed E-state index contributed by atoms with van der Waals surface area (Å²) in [4.78, 5) is 40.5. The van der Waals surface area contributed by atoms with Crippen molar-refractivity contribution in [3.05, 3.63) is 65.2 Å². The number of fused-ring (bicyclic) bond motifs is 3. The SMILES string of the molecule is CC(=O)NCC1CC(=O)C2=C(C1)O[C@@H]1C(=C2)C=C[C@]2(C)[C@@H](c3cccnc3)C(OC(C)=O)C[C@@H]12. The molecular formula is C27H30N2O5. The van der Waals surface area contributed by atoms with Crippen LogP contribution >= 0.6 is 0 Å². The van der Waals surface area contributed by atoms with E-state index in [1.807, 2.05) is 24.4 Å². The van der Waals surface area contributed by atoms with Gasteiger partial charge in [0.05, 0.1) is 5.57 Å². The van der Waals surface area contributed by atoms with Crippen LogP contribution in [0.2, 0.25) is 0 Å². The number of aromatic nitrogens is 1. The summed E-state index contributed by atoms with van der Waals surface area (Å²) in [6.07, 6.45) is 11.0. The summed E-state index contributed by atoms with van der Waals surface area (Å²) in [5, 5.41) is 2.83. The Morgan fingerprint density at radius 3 is 2.82 bits per heavy atom. The van der Waals surface area contributed by atoms with Crippen LogP contribution in [-0.4, -0.2) is 41.4 Å². The normalized spacial score (nSPS) is 33.8. The molecule has 1 fully saturated rings. The van der Waals surface area contributed by atoms with E-state index >= 15 is 0 Å². The van der Waals surface area contributed by atoms with Crippen molar-refractivity contribution in [2.24, 2.45) is 17.3 Å². The van der Waals surface area contributed by atoms with Gasteiger partial charge in [-0.2, -0.15) is 0 Å². The molecule has 4 aliphatic rings. The zero-order valence-corrected chi connectivity index (χ0v) is 19.7. The Labute approximate surface area is 199 Å². The molecule has 1 aromatic heterocycles. The number of nitrogens with zero attached hydrogens (tertiary/aromatic N) is 1. The molecule has 34 heavy (non-hydrogen) atoms. The molecule has 7 heteroatoms. The first-order valence-electron chi connectivity index (χ1n) is 11.9. The molecule has 6 atom stereocenters. The highest BCUT2D eigenvalue weighted by Gasteiger charge is 2.58. The van der Waals surface area contributed by atoms with Gasteiger partial charge < -0.3 is 14.8 Å². The van der Waals surface area contributed by atoms with Crippen molar-refractivity contribution in [3.63, 3.8) is 0 Å². The van der Waals surface area contributed by atoms with Crippen LogP contribution in [0.5, 0.6) is 0 Å². The zero-order valence-electron chi connectivity index (χ0n) is 19.7. The number of nitrogens with one attached hydrogen (secondary N) is 1. The van der Waals surface area contributed by atoms with Gasteiger partial charge in [-0.1, -0.05) is 25.1 Å². The van der Waals surface area contributed by atoms with Crippen LogP contribution in [0.1, 0.15) is 51.5 Å². The third-order valence-corrected chi connectivity index (χ3v) is 7.79. The lowest BCUT2D eigenvalue weighted by molar-refractivity contribution is -0.147. The molecule has 0 saturated heterocycles. The van der Waals surface area contributed by atoms with Crippen molar-refractivity contribution in [3.8, 4) is 0 Å². The number of ketones is 1. The topological polar surface area (TPSA) is 94.6 Å². The van der Waals surface area contributed by atoms with Gasteiger partial charge in [-0.25, -0.2) is 0 Å². The van der Waals surface area contributed by atoms with E-state index in [9.17, 15) is 14.4 Å². The summed E-state index contributed by atoms with van der Waals surface area (Å²) < 4.78 is 12.4. The molecule has 1 saturated carbocycles. The number of pyridine rings is 1. The molecule has 1 N–H and O–H groups in total. The lowest BCUT2D eigenvalue weighted by atomic mass is 9.64. The molecule has 2 unspecified atom stereocenters. The van der Waals surface area contributed by atoms with Gasteiger partial charge in [0.2, 0.25) is 5.91 Å². The predicted octanol–water partition coefficient (Wildman–Crippen LogP) is 3.39. The van der Waals surface area contributed by atoms with Gasteiger partial charge >= 0.3 is 5.97 Å².